The fraction of sp³-hybridized carbons (Fsp3) is 0.500. The van der Waals surface area contributed by atoms with Crippen molar-refractivity contribution in [3.63, 3.8) is 0 Å². The Hall–Kier alpha value is -1.11. The Labute approximate surface area is 103 Å². The van der Waals surface area contributed by atoms with Gasteiger partial charge >= 0.3 is 0 Å². The number of benzene rings is 1. The maximum Gasteiger partial charge on any atom is 0.161 e. The fourth-order valence-electron chi connectivity index (χ4n) is 2.02. The van der Waals surface area contributed by atoms with E-state index in [1.54, 1.807) is 0 Å². The lowest BCUT2D eigenvalue weighted by Gasteiger charge is -2.14. The molecule has 0 bridgehead atoms. The second kappa shape index (κ2) is 5.69. The molecule has 2 rings (SSSR count). The molecule has 1 aromatic carbocycles. The highest BCUT2D eigenvalue weighted by atomic mass is 19.2. The zero-order chi connectivity index (χ0) is 13.1. The highest BCUT2D eigenvalue weighted by Crippen LogP contribution is 2.14. The Kier molecular flexibility index (Phi) is 4.21. The van der Waals surface area contributed by atoms with Crippen LogP contribution in [0.25, 0.3) is 0 Å². The van der Waals surface area contributed by atoms with Crippen LogP contribution in [0.15, 0.2) is 12.1 Å². The summed E-state index contributed by atoms with van der Waals surface area (Å²) in [5.74, 6) is -2.97. The summed E-state index contributed by atoms with van der Waals surface area (Å²) in [6.45, 7) is 1.83. The van der Waals surface area contributed by atoms with Gasteiger partial charge in [0.2, 0.25) is 0 Å². The summed E-state index contributed by atoms with van der Waals surface area (Å²) < 4.78 is 38.9. The van der Waals surface area contributed by atoms with Crippen molar-refractivity contribution in [2.45, 2.75) is 12.6 Å². The van der Waals surface area contributed by atoms with Crippen molar-refractivity contribution < 1.29 is 18.3 Å². The van der Waals surface area contributed by atoms with Crippen molar-refractivity contribution in [1.82, 2.24) is 10.6 Å². The second-order valence-electron chi connectivity index (χ2n) is 4.47. The van der Waals surface area contributed by atoms with Gasteiger partial charge in [-0.25, -0.2) is 13.2 Å². The molecule has 3 nitrogen and oxygen atoms in total. The van der Waals surface area contributed by atoms with Crippen molar-refractivity contribution >= 4 is 0 Å². The van der Waals surface area contributed by atoms with Crippen LogP contribution in [0.4, 0.5) is 13.2 Å². The Morgan fingerprint density at radius 2 is 1.89 bits per heavy atom. The summed E-state index contributed by atoms with van der Waals surface area (Å²) in [5, 5.41) is 15.5. The van der Waals surface area contributed by atoms with Crippen LogP contribution in [0.2, 0.25) is 0 Å². The zero-order valence-corrected chi connectivity index (χ0v) is 9.72. The topological polar surface area (TPSA) is 44.3 Å². The van der Waals surface area contributed by atoms with E-state index in [4.69, 9.17) is 0 Å². The minimum atomic E-state index is -1.19. The smallest absolute Gasteiger partial charge is 0.161 e. The predicted octanol–water partition coefficient (Wildman–Crippen LogP) is 0.774. The Balaban J connectivity index is 1.88. The van der Waals surface area contributed by atoms with Gasteiger partial charge < -0.3 is 15.7 Å². The molecular weight excluding hydrogens is 245 g/mol. The van der Waals surface area contributed by atoms with E-state index in [2.05, 4.69) is 10.6 Å². The Bertz CT molecular complexity index is 428. The van der Waals surface area contributed by atoms with E-state index < -0.39 is 23.6 Å². The molecule has 18 heavy (non-hydrogen) atoms. The molecule has 2 unspecified atom stereocenters. The molecule has 1 fully saturated rings. The molecule has 1 aliphatic heterocycles. The number of aliphatic hydroxyl groups is 1. The molecule has 0 aromatic heterocycles. The molecule has 0 amide bonds. The van der Waals surface area contributed by atoms with E-state index in [0.717, 1.165) is 6.07 Å². The van der Waals surface area contributed by atoms with Gasteiger partial charge in [-0.15, -0.1) is 0 Å². The van der Waals surface area contributed by atoms with Gasteiger partial charge in [0.1, 0.15) is 5.82 Å². The van der Waals surface area contributed by atoms with E-state index >= 15 is 0 Å². The molecule has 0 radical (unpaired) electrons. The number of hydrogen-bond acceptors (Lipinski definition) is 3. The molecule has 1 saturated heterocycles. The van der Waals surface area contributed by atoms with E-state index in [1.807, 2.05) is 0 Å². The van der Waals surface area contributed by atoms with Crippen LogP contribution in [0, 0.1) is 23.4 Å². The predicted molar refractivity (Wildman–Crippen MR) is 60.4 cm³/mol. The Morgan fingerprint density at radius 3 is 2.56 bits per heavy atom. The molecule has 0 spiro atoms. The summed E-state index contributed by atoms with van der Waals surface area (Å²) in [6.07, 6.45) is -0.424. The van der Waals surface area contributed by atoms with Crippen LogP contribution in [0.3, 0.4) is 0 Å². The van der Waals surface area contributed by atoms with Crippen LogP contribution in [-0.2, 0) is 6.54 Å². The van der Waals surface area contributed by atoms with Gasteiger partial charge in [0.05, 0.1) is 6.10 Å². The average molecular weight is 260 g/mol. The molecule has 3 N–H and O–H groups in total. The van der Waals surface area contributed by atoms with Crippen molar-refractivity contribution in [3.05, 3.63) is 35.1 Å². The SMILES string of the molecule is OC1CNCC1CNCc1cc(F)c(F)cc1F. The number of hydrogen-bond donors (Lipinski definition) is 3. The van der Waals surface area contributed by atoms with Gasteiger partial charge in [-0.1, -0.05) is 0 Å². The number of β-amino-alcohol motifs (C(OH)–C–C–N with tert-alkyl or cyclic N) is 1. The summed E-state index contributed by atoms with van der Waals surface area (Å²) in [4.78, 5) is 0. The minimum absolute atomic E-state index is 0.0540. The minimum Gasteiger partial charge on any atom is -0.391 e. The van der Waals surface area contributed by atoms with Crippen molar-refractivity contribution in [1.29, 1.82) is 0 Å². The van der Waals surface area contributed by atoms with Crippen LogP contribution in [0.5, 0.6) is 0 Å². The first kappa shape index (κ1) is 13.3. The first-order valence-corrected chi connectivity index (χ1v) is 5.81. The largest absolute Gasteiger partial charge is 0.391 e. The summed E-state index contributed by atoms with van der Waals surface area (Å²) in [5.41, 5.74) is 0.0781. The molecule has 1 aromatic rings. The quantitative estimate of drug-likeness (QED) is 0.701. The van der Waals surface area contributed by atoms with E-state index in [1.165, 1.54) is 0 Å². The standard InChI is InChI=1S/C12H15F3N2O/c13-9-2-11(15)10(14)1-7(9)3-16-4-8-5-17-6-12(8)18/h1-2,8,12,16-18H,3-6H2. The third kappa shape index (κ3) is 3.01. The third-order valence-electron chi connectivity index (χ3n) is 3.12. The number of rotatable bonds is 4. The van der Waals surface area contributed by atoms with Crippen molar-refractivity contribution in [2.75, 3.05) is 19.6 Å². The first-order valence-electron chi connectivity index (χ1n) is 5.81. The fourth-order valence-corrected chi connectivity index (χ4v) is 2.02. The second-order valence-corrected chi connectivity index (χ2v) is 4.47. The Morgan fingerprint density at radius 1 is 1.17 bits per heavy atom. The average Bonchev–Trinajstić information content (AvgIpc) is 2.72. The molecule has 0 aliphatic carbocycles. The molecule has 100 valence electrons. The van der Waals surface area contributed by atoms with Gasteiger partial charge in [-0.2, -0.15) is 0 Å². The molecule has 0 saturated carbocycles. The van der Waals surface area contributed by atoms with Crippen molar-refractivity contribution in [2.24, 2.45) is 5.92 Å². The summed E-state index contributed by atoms with van der Waals surface area (Å²) in [6, 6.07) is 1.39. The molecule has 1 heterocycles. The summed E-state index contributed by atoms with van der Waals surface area (Å²) in [7, 11) is 0. The van der Waals surface area contributed by atoms with Gasteiger partial charge in [-0.05, 0) is 6.07 Å². The van der Waals surface area contributed by atoms with E-state index in [0.29, 0.717) is 25.7 Å². The number of halogens is 3. The maximum absolute atomic E-state index is 13.3. The van der Waals surface area contributed by atoms with E-state index in [9.17, 15) is 18.3 Å². The summed E-state index contributed by atoms with van der Waals surface area (Å²) >= 11 is 0. The van der Waals surface area contributed by atoms with Gasteiger partial charge in [-0.3, -0.25) is 0 Å². The normalized spacial score (nSPS) is 23.6. The molecule has 2 atom stereocenters. The van der Waals surface area contributed by atoms with Gasteiger partial charge in [0.15, 0.2) is 11.6 Å². The van der Waals surface area contributed by atoms with Crippen LogP contribution >= 0.6 is 0 Å². The van der Waals surface area contributed by atoms with Crippen LogP contribution in [-0.4, -0.2) is 30.8 Å². The molecule has 1 aliphatic rings. The highest BCUT2D eigenvalue weighted by Gasteiger charge is 2.24. The van der Waals surface area contributed by atoms with Gasteiger partial charge in [0, 0.05) is 43.7 Å². The van der Waals surface area contributed by atoms with E-state index in [-0.39, 0.29) is 18.0 Å². The van der Waals surface area contributed by atoms with Crippen LogP contribution < -0.4 is 10.6 Å². The number of nitrogens with one attached hydrogen (secondary N) is 2. The van der Waals surface area contributed by atoms with Crippen LogP contribution in [0.1, 0.15) is 5.56 Å². The zero-order valence-electron chi connectivity index (χ0n) is 9.72. The maximum atomic E-state index is 13.3. The highest BCUT2D eigenvalue weighted by molar-refractivity contribution is 5.19. The molecular formula is C12H15F3N2O. The first-order chi connectivity index (χ1) is 8.58. The number of aliphatic hydroxyl groups excluding tert-OH is 1. The van der Waals surface area contributed by atoms with Crippen molar-refractivity contribution in [3.8, 4) is 0 Å². The lowest BCUT2D eigenvalue weighted by molar-refractivity contribution is 0.146. The van der Waals surface area contributed by atoms with Gasteiger partial charge in [0.25, 0.3) is 0 Å². The monoisotopic (exact) mass is 260 g/mol. The third-order valence-corrected chi connectivity index (χ3v) is 3.12. The lowest BCUT2D eigenvalue weighted by atomic mass is 10.1. The lowest BCUT2D eigenvalue weighted by Crippen LogP contribution is -2.30. The molecule has 6 heteroatoms.